The number of anilines is 1. The van der Waals surface area contributed by atoms with Gasteiger partial charge in [-0.15, -0.1) is 0 Å². The third-order valence-corrected chi connectivity index (χ3v) is 13.6. The molecular weight excluding hydrogens is 815 g/mol. The Morgan fingerprint density at radius 1 is 0.921 bits per heavy atom. The molecule has 63 heavy (non-hydrogen) atoms. The smallest absolute Gasteiger partial charge is 0.303 e. The number of phenolic OH excluding ortho intramolecular Hbond substituents is 1. The Kier molecular flexibility index (Phi) is 15.4. The van der Waals surface area contributed by atoms with Crippen LogP contribution in [0.4, 0.5) is 5.69 Å². The first kappa shape index (κ1) is 48.6. The number of fused-ring (bicyclic) bond motifs is 2. The number of rotatable bonds is 18. The summed E-state index contributed by atoms with van der Waals surface area (Å²) in [5.41, 5.74) is 7.22. The number of phenols is 1. The van der Waals surface area contributed by atoms with Crippen LogP contribution in [-0.2, 0) is 37.0 Å². The number of aryl methyl sites for hydroxylation is 1. The maximum Gasteiger partial charge on any atom is 0.303 e. The number of amides is 1. The maximum atomic E-state index is 13.5. The third-order valence-electron chi connectivity index (χ3n) is 12.7. The van der Waals surface area contributed by atoms with Gasteiger partial charge in [-0.1, -0.05) is 88.8 Å². The Bertz CT molecular complexity index is 2480. The Morgan fingerprint density at radius 3 is 2.32 bits per heavy atom. The van der Waals surface area contributed by atoms with Crippen LogP contribution in [0.2, 0.25) is 0 Å². The zero-order chi connectivity index (χ0) is 46.3. The molecule has 0 bridgehead atoms. The number of unbranched alkanes of at least 4 members (excludes halogenated alkanes) is 2. The molecule has 3 aromatic carbocycles. The number of nitrogens with zero attached hydrogens (tertiary/aromatic N) is 2. The molecule has 0 saturated carbocycles. The van der Waals surface area contributed by atoms with Gasteiger partial charge in [0.2, 0.25) is 0 Å². The fraction of sp³-hybridized carbons (Fsp3) is 0.431. The van der Waals surface area contributed by atoms with Gasteiger partial charge in [-0.2, -0.15) is 8.42 Å². The number of allylic oxidation sites excluding steroid dienone is 8. The van der Waals surface area contributed by atoms with Crippen molar-refractivity contribution in [1.29, 1.82) is 0 Å². The second-order valence-corrected chi connectivity index (χ2v) is 19.4. The van der Waals surface area contributed by atoms with Gasteiger partial charge in [-0.05, 0) is 124 Å². The van der Waals surface area contributed by atoms with Gasteiger partial charge < -0.3 is 25.2 Å². The lowest BCUT2D eigenvalue weighted by atomic mass is 9.77. The van der Waals surface area contributed by atoms with E-state index in [0.29, 0.717) is 51.1 Å². The molecule has 11 nitrogen and oxygen atoms in total. The number of carbonyl (C=O) groups is 2. The lowest BCUT2D eigenvalue weighted by Crippen LogP contribution is -2.51. The number of aromatic hydroxyl groups is 1. The highest BCUT2D eigenvalue weighted by Crippen LogP contribution is 2.49. The number of hydrogen-bond donors (Lipinski definition) is 4. The quantitative estimate of drug-likeness (QED) is 0.0421. The number of aliphatic imine (C=N–C) groups is 1. The maximum absolute atomic E-state index is 13.5. The van der Waals surface area contributed by atoms with Crippen molar-refractivity contribution in [3.63, 3.8) is 0 Å². The van der Waals surface area contributed by atoms with E-state index in [4.69, 9.17) is 14.8 Å². The molecule has 12 heteroatoms. The minimum Gasteiger partial charge on any atom is -0.507 e. The van der Waals surface area contributed by atoms with Gasteiger partial charge in [0.1, 0.15) is 11.5 Å². The van der Waals surface area contributed by atoms with Crippen LogP contribution >= 0.6 is 0 Å². The minimum atomic E-state index is -4.39. The van der Waals surface area contributed by atoms with E-state index in [9.17, 15) is 27.7 Å². The number of carboxylic acid groups (broad SMARTS) is 1. The summed E-state index contributed by atoms with van der Waals surface area (Å²) in [4.78, 5) is 31.6. The number of carbonyl (C=O) groups excluding carboxylic acids is 1. The van der Waals surface area contributed by atoms with Crippen molar-refractivity contribution >= 4 is 33.4 Å². The van der Waals surface area contributed by atoms with E-state index in [-0.39, 0.29) is 23.0 Å². The minimum absolute atomic E-state index is 0.114. The Balaban J connectivity index is 1.28. The topological polar surface area (TPSA) is 166 Å². The summed E-state index contributed by atoms with van der Waals surface area (Å²) in [5, 5.41) is 22.7. The molecule has 2 aliphatic heterocycles. The average Bonchev–Trinajstić information content (AvgIpc) is 3.44. The van der Waals surface area contributed by atoms with Gasteiger partial charge >= 0.3 is 5.97 Å². The summed E-state index contributed by atoms with van der Waals surface area (Å²) < 4.78 is 40.2. The summed E-state index contributed by atoms with van der Waals surface area (Å²) in [6.45, 7) is 19.5. The van der Waals surface area contributed by atoms with Crippen molar-refractivity contribution in [1.82, 2.24) is 5.32 Å². The summed E-state index contributed by atoms with van der Waals surface area (Å²) in [7, 11) is -4.39. The van der Waals surface area contributed by atoms with Gasteiger partial charge in [-0.25, -0.2) is 0 Å². The highest BCUT2D eigenvalue weighted by Gasteiger charge is 2.42. The molecule has 1 atom stereocenters. The number of benzene rings is 3. The molecular formula is C51H65N3O8S. The molecule has 2 heterocycles. The second kappa shape index (κ2) is 19.9. The first-order chi connectivity index (χ1) is 29.6. The van der Waals surface area contributed by atoms with E-state index in [1.54, 1.807) is 6.07 Å². The van der Waals surface area contributed by atoms with Gasteiger partial charge in [0.25, 0.3) is 16.0 Å². The van der Waals surface area contributed by atoms with Crippen LogP contribution in [0.5, 0.6) is 11.5 Å². The van der Waals surface area contributed by atoms with E-state index in [1.165, 1.54) is 23.3 Å². The zero-order valence-corrected chi connectivity index (χ0v) is 39.2. The molecule has 2 aliphatic rings. The highest BCUT2D eigenvalue weighted by atomic mass is 32.2. The molecule has 1 amide bonds. The lowest BCUT2D eigenvalue weighted by Gasteiger charge is -2.36. The number of carboxylic acids is 1. The van der Waals surface area contributed by atoms with Gasteiger partial charge in [-0.3, -0.25) is 19.1 Å². The van der Waals surface area contributed by atoms with Crippen molar-refractivity contribution in [2.45, 2.75) is 129 Å². The molecule has 5 rings (SSSR count). The molecule has 4 N–H and O–H groups in total. The van der Waals surface area contributed by atoms with E-state index < -0.39 is 32.5 Å². The standard InChI is InChI=1S/C51H65N3O8S/c1-34-21-17-18-22-40(34)49(5,6)43(52-30-20-31-53-48(58)51(9)29-28-39-37(4)46(57)35(2)36(3)47(39)62-51)23-14-11-10-12-15-24-44-50(7,8)41-33-38(63(59,60)61)26-27-42(41)54(44)32-19-13-16-25-45(55)56/h10-12,14-15,17-18,21-24,26-27,33,57H,13,16,19-20,25,28-32H2,1-9H3,(H,53,58)(H,55,56)(H,59,60,61)/b11-10+,15-12+,23-14+,44-24+,52-43+. The monoisotopic (exact) mass is 879 g/mol. The third kappa shape index (κ3) is 11.0. The predicted molar refractivity (Wildman–Crippen MR) is 252 cm³/mol. The summed E-state index contributed by atoms with van der Waals surface area (Å²) >= 11 is 0. The molecule has 0 saturated heterocycles. The van der Waals surface area contributed by atoms with Crippen molar-refractivity contribution in [2.75, 3.05) is 24.5 Å². The highest BCUT2D eigenvalue weighted by molar-refractivity contribution is 7.85. The molecule has 0 aromatic heterocycles. The van der Waals surface area contributed by atoms with E-state index in [0.717, 1.165) is 57.8 Å². The van der Waals surface area contributed by atoms with Crippen molar-refractivity contribution < 1.29 is 37.5 Å². The van der Waals surface area contributed by atoms with Gasteiger partial charge in [0, 0.05) is 66.0 Å². The molecule has 338 valence electrons. The van der Waals surface area contributed by atoms with Gasteiger partial charge in [0.15, 0.2) is 5.60 Å². The van der Waals surface area contributed by atoms with Crippen LogP contribution in [0.1, 0.15) is 112 Å². The number of nitrogens with one attached hydrogen (secondary N) is 1. The van der Waals surface area contributed by atoms with E-state index in [2.05, 4.69) is 43.1 Å². The van der Waals surface area contributed by atoms with Crippen molar-refractivity contribution in [2.24, 2.45) is 4.99 Å². The Hall–Kier alpha value is -5.46. The van der Waals surface area contributed by atoms with E-state index >= 15 is 0 Å². The fourth-order valence-electron chi connectivity index (χ4n) is 8.71. The normalized spacial score (nSPS) is 18.3. The zero-order valence-electron chi connectivity index (χ0n) is 38.3. The van der Waals surface area contributed by atoms with Crippen LogP contribution in [0, 0.1) is 27.7 Å². The molecule has 3 aromatic rings. The summed E-state index contributed by atoms with van der Waals surface area (Å²) in [5.74, 6) is 0.00195. The van der Waals surface area contributed by atoms with Crippen molar-refractivity contribution in [3.05, 3.63) is 130 Å². The van der Waals surface area contributed by atoms with Crippen LogP contribution in [-0.4, -0.2) is 66.0 Å². The average molecular weight is 880 g/mol. The second-order valence-electron chi connectivity index (χ2n) is 18.0. The van der Waals surface area contributed by atoms with Crippen LogP contribution in [0.25, 0.3) is 0 Å². The molecule has 1 unspecified atom stereocenters. The predicted octanol–water partition coefficient (Wildman–Crippen LogP) is 9.88. The SMILES string of the molecule is Cc1ccccc1C(C)(C)C(/C=C/C=C/C=C/C=C1/N(CCCCCC(=O)O)c2ccc(S(=O)(=O)O)cc2C1(C)C)=N/CCCNC(=O)C1(C)CCc2c(C)c(O)c(C)c(C)c2O1. The molecule has 0 fully saturated rings. The van der Waals surface area contributed by atoms with E-state index in [1.807, 2.05) is 96.2 Å². The van der Waals surface area contributed by atoms with Crippen LogP contribution in [0.15, 0.2) is 101 Å². The van der Waals surface area contributed by atoms with Crippen LogP contribution < -0.4 is 15.0 Å². The molecule has 0 aliphatic carbocycles. The van der Waals surface area contributed by atoms with Crippen molar-refractivity contribution in [3.8, 4) is 11.5 Å². The Morgan fingerprint density at radius 2 is 1.62 bits per heavy atom. The number of hydrogen-bond acceptors (Lipinski definition) is 8. The largest absolute Gasteiger partial charge is 0.507 e. The number of ether oxygens (including phenoxy) is 1. The first-order valence-electron chi connectivity index (χ1n) is 21.8. The number of aliphatic carboxylic acids is 1. The fourth-order valence-corrected chi connectivity index (χ4v) is 9.22. The first-order valence-corrected chi connectivity index (χ1v) is 23.3. The Labute approximate surface area is 374 Å². The molecule has 0 spiro atoms. The lowest BCUT2D eigenvalue weighted by molar-refractivity contribution is -0.137. The van der Waals surface area contributed by atoms with Crippen LogP contribution in [0.3, 0.4) is 0 Å². The summed E-state index contributed by atoms with van der Waals surface area (Å²) in [6, 6.07) is 13.0. The molecule has 0 radical (unpaired) electrons. The summed E-state index contributed by atoms with van der Waals surface area (Å²) in [6.07, 6.45) is 17.7. The van der Waals surface area contributed by atoms with Gasteiger partial charge in [0.05, 0.1) is 4.90 Å².